The van der Waals surface area contributed by atoms with Crippen LogP contribution in [0.3, 0.4) is 0 Å². The molecule has 1 unspecified atom stereocenters. The number of hydrogen-bond acceptors (Lipinski definition) is 7. The summed E-state index contributed by atoms with van der Waals surface area (Å²) >= 11 is 1.87. The predicted molar refractivity (Wildman–Crippen MR) is 158 cm³/mol. The van der Waals surface area contributed by atoms with Crippen LogP contribution in [0.2, 0.25) is 0 Å². The van der Waals surface area contributed by atoms with E-state index in [-0.39, 0.29) is 0 Å². The smallest absolute Gasteiger partial charge is 0.147 e. The Labute approximate surface area is 233 Å². The summed E-state index contributed by atoms with van der Waals surface area (Å²) in [4.78, 5) is 11.3. The largest absolute Gasteiger partial charge is 0.457 e. The summed E-state index contributed by atoms with van der Waals surface area (Å²) < 4.78 is 8.49. The van der Waals surface area contributed by atoms with Crippen molar-refractivity contribution in [3.8, 4) is 11.5 Å². The molecule has 8 nitrogen and oxygen atoms in total. The summed E-state index contributed by atoms with van der Waals surface area (Å²) in [6, 6.07) is 17.4. The van der Waals surface area contributed by atoms with Gasteiger partial charge in [0.2, 0.25) is 0 Å². The van der Waals surface area contributed by atoms with Crippen LogP contribution >= 0.6 is 11.8 Å². The summed E-state index contributed by atoms with van der Waals surface area (Å²) in [6.07, 6.45) is 6.09. The number of aryl methyl sites for hydroxylation is 1. The van der Waals surface area contributed by atoms with Crippen LogP contribution in [-0.4, -0.2) is 60.6 Å². The third-order valence-electron chi connectivity index (χ3n) is 8.13. The van der Waals surface area contributed by atoms with Crippen molar-refractivity contribution in [3.63, 3.8) is 0 Å². The fourth-order valence-corrected chi connectivity index (χ4v) is 7.09. The summed E-state index contributed by atoms with van der Waals surface area (Å²) in [7, 11) is 0. The number of aliphatic imine (C=N–C) groups is 1. The van der Waals surface area contributed by atoms with E-state index < -0.39 is 0 Å². The summed E-state index contributed by atoms with van der Waals surface area (Å²) in [5, 5.41) is 14.7. The first kappa shape index (κ1) is 24.7. The van der Waals surface area contributed by atoms with E-state index in [1.165, 1.54) is 25.7 Å². The van der Waals surface area contributed by atoms with E-state index in [0.717, 1.165) is 88.8 Å². The van der Waals surface area contributed by atoms with Gasteiger partial charge in [0.25, 0.3) is 0 Å². The lowest BCUT2D eigenvalue weighted by molar-refractivity contribution is 0.210. The Morgan fingerprint density at radius 1 is 1.05 bits per heavy atom. The Morgan fingerprint density at radius 3 is 2.79 bits per heavy atom. The zero-order valence-electron chi connectivity index (χ0n) is 22.4. The molecule has 1 aliphatic carbocycles. The molecule has 2 aromatic carbocycles. The molecule has 2 aliphatic heterocycles. The Balaban J connectivity index is 1.08. The molecule has 0 spiro atoms. The van der Waals surface area contributed by atoms with Crippen LogP contribution in [0.25, 0.3) is 10.9 Å². The van der Waals surface area contributed by atoms with E-state index in [0.29, 0.717) is 12.1 Å². The zero-order chi connectivity index (χ0) is 26.2. The molecule has 7 rings (SSSR count). The minimum absolute atomic E-state index is 0.339. The number of hydrogen-bond donors (Lipinski definition) is 2. The lowest BCUT2D eigenvalue weighted by Gasteiger charge is -2.27. The van der Waals surface area contributed by atoms with E-state index in [4.69, 9.17) is 9.73 Å². The standard InChI is InChI=1S/C30H35N7OS/c1-20-34-35-28-18-36(13-14-37(20)28)12-11-23-19-39-30(32-23)27-16-21-15-25(38-24-9-3-2-4-10-24)17-26(29(21)33-27)31-22-7-5-6-8-22/h2-4,9-10,15-17,22-23,31,33H,5-8,11-14,18-19H2,1H3. The number of ether oxygens (including phenoxy) is 1. The van der Waals surface area contributed by atoms with E-state index in [2.05, 4.69) is 48.2 Å². The van der Waals surface area contributed by atoms with Crippen molar-refractivity contribution < 1.29 is 4.74 Å². The van der Waals surface area contributed by atoms with Gasteiger partial charge in [-0.3, -0.25) is 9.89 Å². The minimum atomic E-state index is 0.339. The first-order chi connectivity index (χ1) is 19.2. The molecule has 9 heteroatoms. The molecule has 202 valence electrons. The van der Waals surface area contributed by atoms with Crippen LogP contribution in [0.1, 0.15) is 49.4 Å². The minimum Gasteiger partial charge on any atom is -0.457 e. The number of aromatic amines is 1. The molecule has 2 aromatic heterocycles. The summed E-state index contributed by atoms with van der Waals surface area (Å²) in [6.45, 7) is 5.98. The maximum Gasteiger partial charge on any atom is 0.147 e. The second-order valence-corrected chi connectivity index (χ2v) is 11.9. The molecule has 1 saturated carbocycles. The second kappa shape index (κ2) is 10.7. The molecule has 0 bridgehead atoms. The van der Waals surface area contributed by atoms with Gasteiger partial charge in [0.15, 0.2) is 0 Å². The topological polar surface area (TPSA) is 83.4 Å². The van der Waals surface area contributed by atoms with Crippen molar-refractivity contribution >= 4 is 33.4 Å². The van der Waals surface area contributed by atoms with Gasteiger partial charge in [-0.2, -0.15) is 0 Å². The van der Waals surface area contributed by atoms with Crippen molar-refractivity contribution in [1.29, 1.82) is 0 Å². The van der Waals surface area contributed by atoms with Crippen LogP contribution in [0.5, 0.6) is 11.5 Å². The molecule has 4 heterocycles. The second-order valence-electron chi connectivity index (χ2n) is 10.9. The van der Waals surface area contributed by atoms with Crippen LogP contribution in [0.15, 0.2) is 53.5 Å². The van der Waals surface area contributed by atoms with E-state index in [1.807, 2.05) is 49.0 Å². The summed E-state index contributed by atoms with van der Waals surface area (Å²) in [5.41, 5.74) is 3.35. The van der Waals surface area contributed by atoms with Gasteiger partial charge in [-0.25, -0.2) is 0 Å². The molecule has 2 N–H and O–H groups in total. The number of anilines is 1. The van der Waals surface area contributed by atoms with Gasteiger partial charge in [-0.05, 0) is 50.5 Å². The van der Waals surface area contributed by atoms with Gasteiger partial charge in [0, 0.05) is 42.9 Å². The van der Waals surface area contributed by atoms with Gasteiger partial charge in [0.1, 0.15) is 28.2 Å². The molecular formula is C30H35N7OS. The number of benzene rings is 2. The number of aromatic nitrogens is 4. The van der Waals surface area contributed by atoms with Gasteiger partial charge < -0.3 is 19.6 Å². The van der Waals surface area contributed by atoms with Gasteiger partial charge in [-0.15, -0.1) is 22.0 Å². The van der Waals surface area contributed by atoms with Crippen molar-refractivity contribution in [3.05, 3.63) is 65.9 Å². The highest BCUT2D eigenvalue weighted by Gasteiger charge is 2.25. The monoisotopic (exact) mass is 541 g/mol. The number of nitrogens with zero attached hydrogens (tertiary/aromatic N) is 5. The number of rotatable bonds is 8. The first-order valence-corrected chi connectivity index (χ1v) is 15.1. The summed E-state index contributed by atoms with van der Waals surface area (Å²) in [5.74, 6) is 4.83. The molecule has 4 aromatic rings. The SMILES string of the molecule is Cc1nnc2n1CCN(CCC1CSC(c3cc4cc(Oc5ccccc5)cc(NC5CCCC5)c4[nH]3)=N1)C2. The molecule has 0 radical (unpaired) electrons. The normalized spacial score (nSPS) is 19.9. The highest BCUT2D eigenvalue weighted by atomic mass is 32.2. The third-order valence-corrected chi connectivity index (χ3v) is 9.28. The van der Waals surface area contributed by atoms with Gasteiger partial charge in [-0.1, -0.05) is 31.0 Å². The van der Waals surface area contributed by atoms with Crippen LogP contribution in [-0.2, 0) is 13.1 Å². The predicted octanol–water partition coefficient (Wildman–Crippen LogP) is 5.98. The number of fused-ring (bicyclic) bond motifs is 2. The molecule has 0 amide bonds. The Hall–Kier alpha value is -3.30. The fourth-order valence-electron chi connectivity index (χ4n) is 6.01. The number of para-hydroxylation sites is 1. The van der Waals surface area contributed by atoms with E-state index in [9.17, 15) is 0 Å². The van der Waals surface area contributed by atoms with Crippen molar-refractivity contribution in [2.75, 3.05) is 24.2 Å². The molecule has 39 heavy (non-hydrogen) atoms. The molecule has 0 saturated heterocycles. The van der Waals surface area contributed by atoms with Crippen molar-refractivity contribution in [2.24, 2.45) is 4.99 Å². The van der Waals surface area contributed by atoms with E-state index in [1.54, 1.807) is 0 Å². The first-order valence-electron chi connectivity index (χ1n) is 14.2. The molecule has 3 aliphatic rings. The van der Waals surface area contributed by atoms with Crippen molar-refractivity contribution in [2.45, 2.75) is 64.2 Å². The average molecular weight is 542 g/mol. The molecule has 1 fully saturated rings. The van der Waals surface area contributed by atoms with Crippen LogP contribution < -0.4 is 10.1 Å². The molecular weight excluding hydrogens is 506 g/mol. The number of H-pyrrole nitrogens is 1. The third kappa shape index (κ3) is 5.30. The Kier molecular flexibility index (Phi) is 6.78. The number of thioether (sulfide) groups is 1. The van der Waals surface area contributed by atoms with Crippen LogP contribution in [0, 0.1) is 6.92 Å². The maximum atomic E-state index is 6.25. The lowest BCUT2D eigenvalue weighted by Crippen LogP contribution is -2.35. The highest BCUT2D eigenvalue weighted by molar-refractivity contribution is 8.14. The lowest BCUT2D eigenvalue weighted by atomic mass is 10.1. The zero-order valence-corrected chi connectivity index (χ0v) is 23.2. The fraction of sp³-hybridized carbons (Fsp3) is 0.433. The Bertz CT molecular complexity index is 1490. The van der Waals surface area contributed by atoms with Crippen LogP contribution in [0.4, 0.5) is 5.69 Å². The van der Waals surface area contributed by atoms with Crippen molar-refractivity contribution in [1.82, 2.24) is 24.6 Å². The number of nitrogens with one attached hydrogen (secondary N) is 2. The maximum absolute atomic E-state index is 6.25. The highest BCUT2D eigenvalue weighted by Crippen LogP contribution is 2.36. The van der Waals surface area contributed by atoms with Gasteiger partial charge in [0.05, 0.1) is 29.5 Å². The van der Waals surface area contributed by atoms with Gasteiger partial charge >= 0.3 is 0 Å². The molecule has 1 atom stereocenters. The quantitative estimate of drug-likeness (QED) is 0.285. The Morgan fingerprint density at radius 2 is 1.92 bits per heavy atom. The average Bonchev–Trinajstić information content (AvgIpc) is 3.76. The van der Waals surface area contributed by atoms with E-state index >= 15 is 0 Å².